The van der Waals surface area contributed by atoms with Crippen molar-refractivity contribution >= 4 is 69.2 Å². The van der Waals surface area contributed by atoms with Crippen molar-refractivity contribution in [1.29, 1.82) is 0 Å². The average molecular weight is 960 g/mol. The van der Waals surface area contributed by atoms with Gasteiger partial charge in [0.15, 0.2) is 0 Å². The summed E-state index contributed by atoms with van der Waals surface area (Å²) in [7, 11) is 7.50. The minimum atomic E-state index is -0.0168. The van der Waals surface area contributed by atoms with Crippen LogP contribution in [0.3, 0.4) is 0 Å². The molecule has 2 aliphatic carbocycles. The molecule has 9 aromatic carbocycles. The molecule has 10 aromatic rings. The first kappa shape index (κ1) is 47.4. The van der Waals surface area contributed by atoms with Gasteiger partial charge in [-0.05, 0) is 171 Å². The van der Waals surface area contributed by atoms with Gasteiger partial charge in [0.1, 0.15) is 7.85 Å². The first-order valence-electron chi connectivity index (χ1n) is 26.7. The van der Waals surface area contributed by atoms with E-state index in [0.29, 0.717) is 5.46 Å². The molecule has 0 unspecified atom stereocenters. The van der Waals surface area contributed by atoms with Crippen LogP contribution in [0.25, 0.3) is 49.7 Å². The molecule has 0 spiro atoms. The van der Waals surface area contributed by atoms with Crippen molar-refractivity contribution in [3.05, 3.63) is 229 Å². The molecule has 0 aliphatic heterocycles. The maximum Gasteiger partial charge on any atom is 0.116 e. The zero-order valence-corrected chi connectivity index (χ0v) is 44.4. The Morgan fingerprint density at radius 2 is 0.811 bits per heavy atom. The number of rotatable bonds is 9. The third kappa shape index (κ3) is 8.15. The Balaban J connectivity index is 1.24. The Labute approximate surface area is 440 Å². The Bertz CT molecular complexity index is 3680. The van der Waals surface area contributed by atoms with E-state index < -0.39 is 0 Å². The zero-order valence-electron chi connectivity index (χ0n) is 44.4. The second-order valence-electron chi connectivity index (χ2n) is 23.8. The average Bonchev–Trinajstić information content (AvgIpc) is 3.76. The molecule has 0 saturated heterocycles. The van der Waals surface area contributed by atoms with Crippen molar-refractivity contribution in [2.75, 3.05) is 9.80 Å². The number of nitrogens with zero attached hydrogens (tertiary/aromatic N) is 3. The number of anilines is 6. The topological polar surface area (TPSA) is 11.4 Å². The van der Waals surface area contributed by atoms with Crippen LogP contribution >= 0.6 is 0 Å². The fourth-order valence-corrected chi connectivity index (χ4v) is 12.5. The highest BCUT2D eigenvalue weighted by atomic mass is 15.2. The van der Waals surface area contributed by atoms with Crippen LogP contribution in [0.15, 0.2) is 206 Å². The largest absolute Gasteiger partial charge is 0.310 e. The molecule has 0 bridgehead atoms. The molecule has 4 heteroatoms. The molecule has 364 valence electrons. The molecule has 74 heavy (non-hydrogen) atoms. The second kappa shape index (κ2) is 17.8. The summed E-state index contributed by atoms with van der Waals surface area (Å²) < 4.78 is 2.61. The normalized spacial score (nSPS) is 16.1. The van der Waals surface area contributed by atoms with Gasteiger partial charge < -0.3 is 14.4 Å². The Morgan fingerprint density at radius 3 is 1.36 bits per heavy atom. The molecule has 0 amide bonds. The van der Waals surface area contributed by atoms with Crippen LogP contribution in [0.5, 0.6) is 0 Å². The molecule has 3 nitrogen and oxygen atoms in total. The van der Waals surface area contributed by atoms with Crippen LogP contribution in [0.1, 0.15) is 103 Å². The highest BCUT2D eigenvalue weighted by Crippen LogP contribution is 2.53. The van der Waals surface area contributed by atoms with Crippen LogP contribution in [0, 0.1) is 0 Å². The maximum atomic E-state index is 7.50. The van der Waals surface area contributed by atoms with E-state index in [2.05, 4.69) is 276 Å². The van der Waals surface area contributed by atoms with Crippen molar-refractivity contribution in [1.82, 2.24) is 4.57 Å². The summed E-state index contributed by atoms with van der Waals surface area (Å²) in [6, 6.07) is 76.0. The van der Waals surface area contributed by atoms with Gasteiger partial charge in [0.2, 0.25) is 0 Å². The lowest BCUT2D eigenvalue weighted by Gasteiger charge is -2.42. The number of hydrogen-bond donors (Lipinski definition) is 0. The summed E-state index contributed by atoms with van der Waals surface area (Å²) in [5, 5.41) is 2.42. The lowest BCUT2D eigenvalue weighted by molar-refractivity contribution is 0.332. The van der Waals surface area contributed by atoms with Crippen LogP contribution in [-0.4, -0.2) is 12.4 Å². The van der Waals surface area contributed by atoms with Crippen LogP contribution in [0.4, 0.5) is 34.1 Å². The highest BCUT2D eigenvalue weighted by Gasteiger charge is 2.40. The number of para-hydroxylation sites is 2. The zero-order chi connectivity index (χ0) is 51.1. The fourth-order valence-electron chi connectivity index (χ4n) is 12.5. The van der Waals surface area contributed by atoms with Crippen molar-refractivity contribution in [2.24, 2.45) is 0 Å². The number of hydrogen-bond acceptors (Lipinski definition) is 2. The molecule has 2 radical (unpaired) electrons. The van der Waals surface area contributed by atoms with E-state index in [4.69, 9.17) is 7.85 Å². The molecule has 0 atom stereocenters. The number of benzene rings is 9. The fraction of sp³-hybridized carbons (Fsp3) is 0.229. The second-order valence-corrected chi connectivity index (χ2v) is 23.8. The van der Waals surface area contributed by atoms with Gasteiger partial charge in [-0.3, -0.25) is 0 Å². The van der Waals surface area contributed by atoms with E-state index in [1.165, 1.54) is 49.8 Å². The van der Waals surface area contributed by atoms with Gasteiger partial charge >= 0.3 is 0 Å². The molecule has 0 saturated carbocycles. The predicted octanol–water partition coefficient (Wildman–Crippen LogP) is 18.5. The van der Waals surface area contributed by atoms with E-state index in [9.17, 15) is 0 Å². The first-order valence-corrected chi connectivity index (χ1v) is 26.7. The molecular formula is C70H66BN3. The van der Waals surface area contributed by atoms with Gasteiger partial charge in [-0.15, -0.1) is 0 Å². The first-order chi connectivity index (χ1) is 35.6. The Morgan fingerprint density at radius 1 is 0.351 bits per heavy atom. The summed E-state index contributed by atoms with van der Waals surface area (Å²) in [5.74, 6) is 0. The van der Waals surface area contributed by atoms with Crippen molar-refractivity contribution in [3.8, 4) is 27.9 Å². The number of fused-ring (bicyclic) bond motifs is 5. The number of aromatic nitrogens is 1. The maximum absolute atomic E-state index is 7.50. The van der Waals surface area contributed by atoms with Gasteiger partial charge in [0.05, 0.1) is 22.4 Å². The molecule has 2 aliphatic rings. The third-order valence-corrected chi connectivity index (χ3v) is 17.0. The SMILES string of the molecule is [B]c1cc(-c2ccccc2)ccc1N(c1ccc(-c2ccccc2)cc1)c1cc(N(c2ccccc2)c2ccccc2)cc2c1c1cc3c(cc1n2-c1ccc2c(c1)C(C)(C)CCC2(C)C)C(C)(C)CCC3(C)C. The van der Waals surface area contributed by atoms with Gasteiger partial charge in [0, 0.05) is 39.2 Å². The predicted molar refractivity (Wildman–Crippen MR) is 317 cm³/mol. The van der Waals surface area contributed by atoms with Crippen molar-refractivity contribution < 1.29 is 0 Å². The lowest BCUT2D eigenvalue weighted by Crippen LogP contribution is -2.34. The highest BCUT2D eigenvalue weighted by molar-refractivity contribution is 6.37. The van der Waals surface area contributed by atoms with Gasteiger partial charge in [-0.2, -0.15) is 0 Å². The molecule has 1 aromatic heterocycles. The van der Waals surface area contributed by atoms with Gasteiger partial charge in [-0.25, -0.2) is 0 Å². The summed E-state index contributed by atoms with van der Waals surface area (Å²) in [4.78, 5) is 4.86. The third-order valence-electron chi connectivity index (χ3n) is 17.0. The van der Waals surface area contributed by atoms with E-state index in [-0.39, 0.29) is 21.7 Å². The van der Waals surface area contributed by atoms with Gasteiger partial charge in [-0.1, -0.05) is 188 Å². The van der Waals surface area contributed by atoms with Crippen LogP contribution in [0.2, 0.25) is 0 Å². The van der Waals surface area contributed by atoms with E-state index in [1.54, 1.807) is 0 Å². The lowest BCUT2D eigenvalue weighted by atomic mass is 9.63. The minimum Gasteiger partial charge on any atom is -0.310 e. The molecule has 0 N–H and O–H groups in total. The minimum absolute atomic E-state index is 0.00487. The Kier molecular flexibility index (Phi) is 11.4. The summed E-state index contributed by atoms with van der Waals surface area (Å²) in [6.45, 7) is 19.5. The van der Waals surface area contributed by atoms with Gasteiger partial charge in [0.25, 0.3) is 0 Å². The standard InChI is InChI=1S/C70H66BN3/c1-67(2)37-38-68(3,4)58-42-54(34-35-57(58)67)74-63-46-60-59(69(5,6)39-40-70(60,7)8)45-56(63)66-64(43-55(44-65(66)74)72(51-25-17-11-18-26-51)52-27-19-12-20-28-52)73(53-32-29-49(30-33-53)47-21-13-9-14-22-47)62-36-31-50(41-61(62)71)48-23-15-10-16-24-48/h9-36,41-46H,37-40H2,1-8H3. The van der Waals surface area contributed by atoms with E-state index in [1.807, 2.05) is 0 Å². The molecule has 1 heterocycles. The van der Waals surface area contributed by atoms with Crippen LogP contribution < -0.4 is 15.3 Å². The quantitative estimate of drug-likeness (QED) is 0.134. The van der Waals surface area contributed by atoms with Crippen LogP contribution in [-0.2, 0) is 21.7 Å². The molecule has 12 rings (SSSR count). The summed E-state index contributed by atoms with van der Waals surface area (Å²) >= 11 is 0. The van der Waals surface area contributed by atoms with E-state index >= 15 is 0 Å². The van der Waals surface area contributed by atoms with E-state index in [0.717, 1.165) is 82.0 Å². The summed E-state index contributed by atoms with van der Waals surface area (Å²) in [5.41, 5.74) is 20.8. The monoisotopic (exact) mass is 960 g/mol. The molecule has 0 fully saturated rings. The van der Waals surface area contributed by atoms with Crippen molar-refractivity contribution in [3.63, 3.8) is 0 Å². The Hall–Kier alpha value is -7.56. The summed E-state index contributed by atoms with van der Waals surface area (Å²) in [6.07, 6.45) is 4.56. The smallest absolute Gasteiger partial charge is 0.116 e. The molecular weight excluding hydrogens is 894 g/mol. The van der Waals surface area contributed by atoms with Crippen molar-refractivity contribution in [2.45, 2.75) is 103 Å².